The van der Waals surface area contributed by atoms with Gasteiger partial charge in [-0.3, -0.25) is 4.79 Å². The first-order valence-electron chi connectivity index (χ1n) is 5.82. The minimum atomic E-state index is -0.785. The predicted molar refractivity (Wildman–Crippen MR) is 68.5 cm³/mol. The lowest BCUT2D eigenvalue weighted by atomic mass is 10.2. The number of nitrogens with zero attached hydrogens (tertiary/aromatic N) is 3. The highest BCUT2D eigenvalue weighted by Crippen LogP contribution is 2.19. The first kappa shape index (κ1) is 12.3. The zero-order valence-corrected chi connectivity index (χ0v) is 10.4. The van der Waals surface area contributed by atoms with Crippen molar-refractivity contribution in [3.8, 4) is 0 Å². The zero-order chi connectivity index (χ0) is 13.1. The average Bonchev–Trinajstić information content (AvgIpc) is 2.70. The number of pyridine rings is 1. The second-order valence-electron chi connectivity index (χ2n) is 4.36. The third kappa shape index (κ3) is 2.58. The van der Waals surface area contributed by atoms with E-state index in [-0.39, 0.29) is 12.5 Å². The lowest BCUT2D eigenvalue weighted by Gasteiger charge is -2.13. The van der Waals surface area contributed by atoms with Crippen LogP contribution in [0.5, 0.6) is 0 Å². The molecule has 0 fully saturated rings. The minimum Gasteiger partial charge on any atom is -0.481 e. The van der Waals surface area contributed by atoms with E-state index in [9.17, 15) is 4.79 Å². The Morgan fingerprint density at radius 1 is 1.56 bits per heavy atom. The van der Waals surface area contributed by atoms with Crippen LogP contribution >= 0.6 is 0 Å². The highest BCUT2D eigenvalue weighted by Gasteiger charge is 2.10. The summed E-state index contributed by atoms with van der Waals surface area (Å²) in [5.41, 5.74) is 1.81. The third-order valence-electron chi connectivity index (χ3n) is 2.82. The molecule has 2 N–H and O–H groups in total. The number of rotatable bonds is 5. The van der Waals surface area contributed by atoms with E-state index in [0.717, 1.165) is 11.0 Å². The maximum absolute atomic E-state index is 10.5. The van der Waals surface area contributed by atoms with E-state index in [0.29, 0.717) is 12.2 Å². The van der Waals surface area contributed by atoms with Crippen LogP contribution in [0.3, 0.4) is 0 Å². The topological polar surface area (TPSA) is 80.0 Å². The monoisotopic (exact) mass is 248 g/mol. The van der Waals surface area contributed by atoms with E-state index in [1.165, 1.54) is 0 Å². The van der Waals surface area contributed by atoms with Crippen molar-refractivity contribution in [2.45, 2.75) is 25.8 Å². The quantitative estimate of drug-likeness (QED) is 0.840. The van der Waals surface area contributed by atoms with Crippen LogP contribution in [0.4, 0.5) is 5.82 Å². The molecule has 1 unspecified atom stereocenters. The molecule has 0 amide bonds. The molecular formula is C12H16N4O2. The molecule has 6 heteroatoms. The lowest BCUT2D eigenvalue weighted by Crippen LogP contribution is -2.17. The smallest absolute Gasteiger partial charge is 0.303 e. The van der Waals surface area contributed by atoms with Crippen LogP contribution in [0.2, 0.25) is 0 Å². The number of carboxylic acids is 1. The van der Waals surface area contributed by atoms with Crippen molar-refractivity contribution in [1.82, 2.24) is 14.5 Å². The van der Waals surface area contributed by atoms with Crippen molar-refractivity contribution in [3.63, 3.8) is 0 Å². The van der Waals surface area contributed by atoms with Gasteiger partial charge >= 0.3 is 5.97 Å². The summed E-state index contributed by atoms with van der Waals surface area (Å²) >= 11 is 0. The Morgan fingerprint density at radius 2 is 2.33 bits per heavy atom. The largest absolute Gasteiger partial charge is 0.481 e. The van der Waals surface area contributed by atoms with Crippen molar-refractivity contribution < 1.29 is 9.90 Å². The molecule has 1 atom stereocenters. The molecule has 0 saturated carbocycles. The van der Waals surface area contributed by atoms with Gasteiger partial charge in [-0.15, -0.1) is 0 Å². The number of nitrogens with one attached hydrogen (secondary N) is 1. The second-order valence-corrected chi connectivity index (χ2v) is 4.36. The fourth-order valence-corrected chi connectivity index (χ4v) is 1.81. The van der Waals surface area contributed by atoms with E-state index >= 15 is 0 Å². The lowest BCUT2D eigenvalue weighted by molar-refractivity contribution is -0.137. The van der Waals surface area contributed by atoms with Crippen LogP contribution in [-0.4, -0.2) is 31.7 Å². The summed E-state index contributed by atoms with van der Waals surface area (Å²) in [5.74, 6) is -0.0846. The van der Waals surface area contributed by atoms with E-state index < -0.39 is 5.97 Å². The highest BCUT2D eigenvalue weighted by atomic mass is 16.4. The number of hydrogen-bond donors (Lipinski definition) is 2. The first-order valence-corrected chi connectivity index (χ1v) is 5.82. The Labute approximate surface area is 105 Å². The fourth-order valence-electron chi connectivity index (χ4n) is 1.81. The summed E-state index contributed by atoms with van der Waals surface area (Å²) < 4.78 is 1.92. The van der Waals surface area contributed by atoms with Crippen molar-refractivity contribution in [1.29, 1.82) is 0 Å². The number of aromatic nitrogens is 3. The second kappa shape index (κ2) is 5.03. The number of aliphatic carboxylic acids is 1. The van der Waals surface area contributed by atoms with Gasteiger partial charge < -0.3 is 15.0 Å². The van der Waals surface area contributed by atoms with Crippen LogP contribution < -0.4 is 5.32 Å². The third-order valence-corrected chi connectivity index (χ3v) is 2.82. The van der Waals surface area contributed by atoms with Gasteiger partial charge in [-0.05, 0) is 19.4 Å². The van der Waals surface area contributed by atoms with Gasteiger partial charge in [0.15, 0.2) is 5.82 Å². The van der Waals surface area contributed by atoms with Gasteiger partial charge in [0.25, 0.3) is 0 Å². The van der Waals surface area contributed by atoms with Gasteiger partial charge in [0.2, 0.25) is 0 Å². The van der Waals surface area contributed by atoms with Gasteiger partial charge in [-0.1, -0.05) is 0 Å². The molecule has 6 nitrogen and oxygen atoms in total. The molecule has 0 radical (unpaired) electrons. The van der Waals surface area contributed by atoms with Gasteiger partial charge in [-0.2, -0.15) is 0 Å². The molecule has 0 aliphatic carbocycles. The van der Waals surface area contributed by atoms with Crippen LogP contribution in [0.25, 0.3) is 11.0 Å². The van der Waals surface area contributed by atoms with Crippen LogP contribution in [0.1, 0.15) is 19.8 Å². The molecule has 2 heterocycles. The SMILES string of the molecule is CC(CCC(=O)O)Nc1nccc2c1ncn2C. The highest BCUT2D eigenvalue weighted by molar-refractivity contribution is 5.85. The molecule has 96 valence electrons. The molecule has 0 aliphatic rings. The summed E-state index contributed by atoms with van der Waals surface area (Å²) in [5, 5.41) is 11.8. The summed E-state index contributed by atoms with van der Waals surface area (Å²) in [7, 11) is 1.92. The summed E-state index contributed by atoms with van der Waals surface area (Å²) in [6.07, 6.45) is 4.16. The Hall–Kier alpha value is -2.11. The van der Waals surface area contributed by atoms with Gasteiger partial charge in [0.1, 0.15) is 5.52 Å². The molecule has 0 saturated heterocycles. The summed E-state index contributed by atoms with van der Waals surface area (Å²) in [4.78, 5) is 19.1. The zero-order valence-electron chi connectivity index (χ0n) is 10.4. The molecule has 0 bridgehead atoms. The number of aryl methyl sites for hydroxylation is 1. The Balaban J connectivity index is 2.14. The van der Waals surface area contributed by atoms with Crippen molar-refractivity contribution in [2.75, 3.05) is 5.32 Å². The number of anilines is 1. The predicted octanol–water partition coefficient (Wildman–Crippen LogP) is 1.63. The van der Waals surface area contributed by atoms with Gasteiger partial charge in [-0.25, -0.2) is 9.97 Å². The molecule has 2 aromatic rings. The molecule has 2 rings (SSSR count). The maximum Gasteiger partial charge on any atom is 0.303 e. The summed E-state index contributed by atoms with van der Waals surface area (Å²) in [6.45, 7) is 1.94. The molecular weight excluding hydrogens is 232 g/mol. The van der Waals surface area contributed by atoms with E-state index in [2.05, 4.69) is 15.3 Å². The van der Waals surface area contributed by atoms with E-state index in [1.54, 1.807) is 12.5 Å². The summed E-state index contributed by atoms with van der Waals surface area (Å²) in [6, 6.07) is 1.94. The number of hydrogen-bond acceptors (Lipinski definition) is 4. The van der Waals surface area contributed by atoms with E-state index in [1.807, 2.05) is 24.6 Å². The number of imidazole rings is 1. The Kier molecular flexibility index (Phi) is 3.45. The molecule has 0 spiro atoms. The maximum atomic E-state index is 10.5. The van der Waals surface area contributed by atoms with Gasteiger partial charge in [0.05, 0.1) is 11.8 Å². The Morgan fingerprint density at radius 3 is 3.06 bits per heavy atom. The number of carbonyl (C=O) groups is 1. The van der Waals surface area contributed by atoms with Crippen molar-refractivity contribution in [3.05, 3.63) is 18.6 Å². The number of carboxylic acid groups (broad SMARTS) is 1. The molecule has 2 aromatic heterocycles. The minimum absolute atomic E-state index is 0.0428. The van der Waals surface area contributed by atoms with Crippen LogP contribution in [-0.2, 0) is 11.8 Å². The standard InChI is InChI=1S/C12H16N4O2/c1-8(3-4-10(17)18)15-12-11-9(5-6-13-12)16(2)7-14-11/h5-8H,3-4H2,1-2H3,(H,13,15)(H,17,18). The first-order chi connectivity index (χ1) is 8.58. The van der Waals surface area contributed by atoms with Crippen molar-refractivity contribution in [2.24, 2.45) is 7.05 Å². The van der Waals surface area contributed by atoms with E-state index in [4.69, 9.17) is 5.11 Å². The average molecular weight is 248 g/mol. The Bertz CT molecular complexity index is 564. The molecule has 0 aromatic carbocycles. The van der Waals surface area contributed by atoms with Crippen LogP contribution in [0, 0.1) is 0 Å². The van der Waals surface area contributed by atoms with Crippen LogP contribution in [0.15, 0.2) is 18.6 Å². The number of fused-ring (bicyclic) bond motifs is 1. The fraction of sp³-hybridized carbons (Fsp3) is 0.417. The van der Waals surface area contributed by atoms with Gasteiger partial charge in [0, 0.05) is 25.7 Å². The van der Waals surface area contributed by atoms with Crippen molar-refractivity contribution >= 4 is 22.8 Å². The molecule has 18 heavy (non-hydrogen) atoms. The normalized spacial score (nSPS) is 12.6. The molecule has 0 aliphatic heterocycles.